The highest BCUT2D eigenvalue weighted by atomic mass is 15.6. The Morgan fingerprint density at radius 1 is 1.21 bits per heavy atom. The van der Waals surface area contributed by atoms with Crippen molar-refractivity contribution in [2.75, 3.05) is 51.6 Å². The lowest BCUT2D eigenvalue weighted by molar-refractivity contribution is 0.158. The Bertz CT molecular complexity index is 530. The highest BCUT2D eigenvalue weighted by Gasteiger charge is 2.12. The van der Waals surface area contributed by atoms with Crippen LogP contribution in [0.3, 0.4) is 0 Å². The summed E-state index contributed by atoms with van der Waals surface area (Å²) >= 11 is 0. The maximum Gasteiger partial charge on any atom is 0.200 e. The van der Waals surface area contributed by atoms with Gasteiger partial charge in [0.2, 0.25) is 0 Å². The molecule has 19 heavy (non-hydrogen) atoms. The van der Waals surface area contributed by atoms with Gasteiger partial charge in [-0.2, -0.15) is 0 Å². The second-order valence-corrected chi connectivity index (χ2v) is 4.82. The molecule has 1 saturated heterocycles. The molecule has 2 aromatic heterocycles. The van der Waals surface area contributed by atoms with E-state index in [-0.39, 0.29) is 0 Å². The fraction of sp³-hybridized carbons (Fsp3) is 0.636. The summed E-state index contributed by atoms with van der Waals surface area (Å²) in [6.07, 6.45) is 0. The predicted octanol–water partition coefficient (Wildman–Crippen LogP) is -0.821. The van der Waals surface area contributed by atoms with Crippen LogP contribution in [0.1, 0.15) is 0 Å². The van der Waals surface area contributed by atoms with Gasteiger partial charge in [0.25, 0.3) is 0 Å². The summed E-state index contributed by atoms with van der Waals surface area (Å²) in [5.74, 6) is 0.800. The van der Waals surface area contributed by atoms with Gasteiger partial charge in [0.15, 0.2) is 5.65 Å². The Hall–Kier alpha value is -1.80. The maximum absolute atomic E-state index is 4.27. The van der Waals surface area contributed by atoms with Crippen LogP contribution in [0.15, 0.2) is 12.1 Å². The fourth-order valence-electron chi connectivity index (χ4n) is 2.16. The molecule has 8 heteroatoms. The summed E-state index contributed by atoms with van der Waals surface area (Å²) in [5.41, 5.74) is 0.657. The molecule has 8 nitrogen and oxygen atoms in total. The minimum absolute atomic E-state index is 0.657. The summed E-state index contributed by atoms with van der Waals surface area (Å²) < 4.78 is 1.43. The molecule has 3 heterocycles. The lowest BCUT2D eigenvalue weighted by Gasteiger charge is -2.32. The number of likely N-dealkylation sites (N-methyl/N-ethyl adjacent to an activating group) is 1. The Labute approximate surface area is 111 Å². The molecule has 0 saturated carbocycles. The molecule has 0 unspecified atom stereocenters. The minimum Gasteiger partial charge on any atom is -0.367 e. The van der Waals surface area contributed by atoms with Crippen molar-refractivity contribution >= 4 is 11.5 Å². The first-order chi connectivity index (χ1) is 9.31. The number of nitrogens with zero attached hydrogens (tertiary/aromatic N) is 7. The van der Waals surface area contributed by atoms with Gasteiger partial charge in [0.05, 0.1) is 0 Å². The van der Waals surface area contributed by atoms with Crippen LogP contribution in [0, 0.1) is 0 Å². The first-order valence-corrected chi connectivity index (χ1v) is 6.51. The van der Waals surface area contributed by atoms with E-state index < -0.39 is 0 Å². The van der Waals surface area contributed by atoms with Crippen LogP contribution in [0.25, 0.3) is 5.65 Å². The predicted molar refractivity (Wildman–Crippen MR) is 71.0 cm³/mol. The second kappa shape index (κ2) is 5.45. The second-order valence-electron chi connectivity index (χ2n) is 4.82. The van der Waals surface area contributed by atoms with Crippen LogP contribution in [0.5, 0.6) is 0 Å². The smallest absolute Gasteiger partial charge is 0.200 e. The molecular weight excluding hydrogens is 244 g/mol. The highest BCUT2D eigenvalue weighted by Crippen LogP contribution is 2.03. The molecule has 1 aliphatic rings. The van der Waals surface area contributed by atoms with Gasteiger partial charge in [0.1, 0.15) is 5.82 Å². The SMILES string of the molecule is CN1CCN(CCNc2ccc3nnnn3n2)CC1. The first kappa shape index (κ1) is 12.2. The van der Waals surface area contributed by atoms with Gasteiger partial charge in [-0.25, -0.2) is 0 Å². The Morgan fingerprint density at radius 2 is 2.05 bits per heavy atom. The van der Waals surface area contributed by atoms with Crippen molar-refractivity contribution in [3.63, 3.8) is 0 Å². The summed E-state index contributed by atoms with van der Waals surface area (Å²) in [7, 11) is 2.17. The van der Waals surface area contributed by atoms with Crippen molar-refractivity contribution in [1.29, 1.82) is 0 Å². The zero-order valence-electron chi connectivity index (χ0n) is 11.0. The topological polar surface area (TPSA) is 74.5 Å². The van der Waals surface area contributed by atoms with E-state index in [9.17, 15) is 0 Å². The van der Waals surface area contributed by atoms with E-state index >= 15 is 0 Å². The zero-order chi connectivity index (χ0) is 13.1. The summed E-state index contributed by atoms with van der Waals surface area (Å²) in [6.45, 7) is 6.48. The molecule has 0 bridgehead atoms. The largest absolute Gasteiger partial charge is 0.367 e. The van der Waals surface area contributed by atoms with Gasteiger partial charge < -0.3 is 10.2 Å². The van der Waals surface area contributed by atoms with E-state index in [2.05, 4.69) is 42.8 Å². The third-order valence-electron chi connectivity index (χ3n) is 3.40. The van der Waals surface area contributed by atoms with Gasteiger partial charge in [-0.3, -0.25) is 4.90 Å². The van der Waals surface area contributed by atoms with Crippen LogP contribution in [-0.4, -0.2) is 81.4 Å². The standard InChI is InChI=1S/C11H18N8/c1-17-6-8-18(9-7-17)5-4-12-10-2-3-11-13-15-16-19(11)14-10/h2-3H,4-9H2,1H3,(H,12,14). The maximum atomic E-state index is 4.27. The number of nitrogens with one attached hydrogen (secondary N) is 1. The van der Waals surface area contributed by atoms with Crippen molar-refractivity contribution in [1.82, 2.24) is 35.1 Å². The van der Waals surface area contributed by atoms with E-state index in [0.29, 0.717) is 5.65 Å². The van der Waals surface area contributed by atoms with Gasteiger partial charge >= 0.3 is 0 Å². The monoisotopic (exact) mass is 262 g/mol. The van der Waals surface area contributed by atoms with Crippen molar-refractivity contribution in [3.8, 4) is 0 Å². The minimum atomic E-state index is 0.657. The van der Waals surface area contributed by atoms with Crippen LogP contribution >= 0.6 is 0 Å². The number of aromatic nitrogens is 5. The van der Waals surface area contributed by atoms with Crippen molar-refractivity contribution in [2.45, 2.75) is 0 Å². The highest BCUT2D eigenvalue weighted by molar-refractivity contribution is 5.41. The number of anilines is 1. The molecule has 0 aromatic carbocycles. The van der Waals surface area contributed by atoms with Crippen molar-refractivity contribution in [3.05, 3.63) is 12.1 Å². The zero-order valence-corrected chi connectivity index (χ0v) is 11.0. The third-order valence-corrected chi connectivity index (χ3v) is 3.40. The Kier molecular flexibility index (Phi) is 3.51. The number of rotatable bonds is 4. The summed E-state index contributed by atoms with van der Waals surface area (Å²) in [4.78, 5) is 4.82. The first-order valence-electron chi connectivity index (χ1n) is 6.51. The molecule has 102 valence electrons. The van der Waals surface area contributed by atoms with Gasteiger partial charge in [-0.15, -0.1) is 14.8 Å². The molecule has 0 aliphatic carbocycles. The number of tetrazole rings is 1. The van der Waals surface area contributed by atoms with Gasteiger partial charge in [-0.05, 0) is 29.6 Å². The molecular formula is C11H18N8. The lowest BCUT2D eigenvalue weighted by Crippen LogP contribution is -2.45. The van der Waals surface area contributed by atoms with Crippen molar-refractivity contribution < 1.29 is 0 Å². The molecule has 1 N–H and O–H groups in total. The van der Waals surface area contributed by atoms with E-state index in [0.717, 1.165) is 45.1 Å². The van der Waals surface area contributed by atoms with Crippen LogP contribution in [0.4, 0.5) is 5.82 Å². The molecule has 2 aromatic rings. The average molecular weight is 262 g/mol. The molecule has 0 amide bonds. The number of piperazine rings is 1. The van der Waals surface area contributed by atoms with Crippen LogP contribution in [-0.2, 0) is 0 Å². The average Bonchev–Trinajstić information content (AvgIpc) is 2.88. The molecule has 0 atom stereocenters. The van der Waals surface area contributed by atoms with E-state index in [1.807, 2.05) is 12.1 Å². The molecule has 0 spiro atoms. The quantitative estimate of drug-likeness (QED) is 0.771. The molecule has 1 aliphatic heterocycles. The van der Waals surface area contributed by atoms with Gasteiger partial charge in [0, 0.05) is 39.3 Å². The normalized spacial score (nSPS) is 17.9. The lowest BCUT2D eigenvalue weighted by atomic mass is 10.3. The Balaban J connectivity index is 1.49. The number of hydrogen-bond acceptors (Lipinski definition) is 7. The van der Waals surface area contributed by atoms with E-state index in [1.54, 1.807) is 0 Å². The third kappa shape index (κ3) is 2.96. The van der Waals surface area contributed by atoms with Crippen LogP contribution < -0.4 is 5.32 Å². The number of hydrogen-bond donors (Lipinski definition) is 1. The van der Waals surface area contributed by atoms with E-state index in [4.69, 9.17) is 0 Å². The summed E-state index contributed by atoms with van der Waals surface area (Å²) in [6, 6.07) is 3.75. The molecule has 3 rings (SSSR count). The van der Waals surface area contributed by atoms with Crippen LogP contribution in [0.2, 0.25) is 0 Å². The van der Waals surface area contributed by atoms with Crippen molar-refractivity contribution in [2.24, 2.45) is 0 Å². The van der Waals surface area contributed by atoms with E-state index in [1.165, 1.54) is 4.63 Å². The molecule has 0 radical (unpaired) electrons. The Morgan fingerprint density at radius 3 is 2.89 bits per heavy atom. The molecule has 1 fully saturated rings. The summed E-state index contributed by atoms with van der Waals surface area (Å²) in [5, 5.41) is 18.7. The fourth-order valence-corrected chi connectivity index (χ4v) is 2.16. The number of fused-ring (bicyclic) bond motifs is 1. The van der Waals surface area contributed by atoms with Gasteiger partial charge in [-0.1, -0.05) is 0 Å².